The van der Waals surface area contributed by atoms with Gasteiger partial charge in [0.25, 0.3) is 5.56 Å². The van der Waals surface area contributed by atoms with Crippen molar-refractivity contribution in [2.45, 2.75) is 25.3 Å². The van der Waals surface area contributed by atoms with Crippen molar-refractivity contribution < 1.29 is 4.74 Å². The number of H-pyrrole nitrogens is 1. The van der Waals surface area contributed by atoms with Crippen LogP contribution in [0.4, 0.5) is 0 Å². The van der Waals surface area contributed by atoms with E-state index in [0.717, 1.165) is 18.4 Å². The number of benzene rings is 1. The summed E-state index contributed by atoms with van der Waals surface area (Å²) in [6.45, 7) is 3.42. The number of aromatic amines is 1. The molecule has 0 aliphatic carbocycles. The number of rotatable bonds is 1. The van der Waals surface area contributed by atoms with Gasteiger partial charge in [-0.3, -0.25) is 9.36 Å². The molecule has 0 saturated carbocycles. The van der Waals surface area contributed by atoms with Crippen LogP contribution in [0.25, 0.3) is 10.9 Å². The number of fused-ring (bicyclic) bond motifs is 1. The van der Waals surface area contributed by atoms with Crippen molar-refractivity contribution in [1.29, 1.82) is 0 Å². The number of aromatic nitrogens is 2. The minimum Gasteiger partial charge on any atom is -0.381 e. The second-order valence-electron chi connectivity index (χ2n) is 5.23. The summed E-state index contributed by atoms with van der Waals surface area (Å²) in [5, 5.41) is 0.684. The first-order valence-electron chi connectivity index (χ1n) is 6.44. The monoisotopic (exact) mass is 276 g/mol. The molecular formula is C14H16N2O2S. The summed E-state index contributed by atoms with van der Waals surface area (Å²) in [5.41, 5.74) is 0.528. The quantitative estimate of drug-likeness (QED) is 0.814. The lowest BCUT2D eigenvalue weighted by molar-refractivity contribution is 0.0271. The van der Waals surface area contributed by atoms with Gasteiger partial charge >= 0.3 is 0 Å². The lowest BCUT2D eigenvalue weighted by Crippen LogP contribution is -2.43. The molecule has 1 N–H and O–H groups in total. The van der Waals surface area contributed by atoms with Gasteiger partial charge < -0.3 is 9.72 Å². The van der Waals surface area contributed by atoms with Crippen LogP contribution in [0.2, 0.25) is 0 Å². The predicted octanol–water partition coefficient (Wildman–Crippen LogP) is 2.58. The van der Waals surface area contributed by atoms with E-state index in [1.54, 1.807) is 4.57 Å². The fraction of sp³-hybridized carbons (Fsp3) is 0.429. The summed E-state index contributed by atoms with van der Waals surface area (Å²) in [5.74, 6) is 0. The van der Waals surface area contributed by atoms with Gasteiger partial charge in [0.1, 0.15) is 0 Å². The fourth-order valence-electron chi connectivity index (χ4n) is 2.69. The van der Waals surface area contributed by atoms with Gasteiger partial charge in [0, 0.05) is 13.2 Å². The van der Waals surface area contributed by atoms with Crippen LogP contribution < -0.4 is 5.56 Å². The van der Waals surface area contributed by atoms with Gasteiger partial charge in [0.2, 0.25) is 0 Å². The van der Waals surface area contributed by atoms with Gasteiger partial charge in [-0.05, 0) is 44.1 Å². The average molecular weight is 276 g/mol. The van der Waals surface area contributed by atoms with Crippen LogP contribution in [0.5, 0.6) is 0 Å². The van der Waals surface area contributed by atoms with E-state index in [0.29, 0.717) is 23.4 Å². The zero-order valence-electron chi connectivity index (χ0n) is 10.8. The topological polar surface area (TPSA) is 47.0 Å². The van der Waals surface area contributed by atoms with Crippen molar-refractivity contribution >= 4 is 23.1 Å². The van der Waals surface area contributed by atoms with Crippen molar-refractivity contribution in [2.24, 2.45) is 0 Å². The van der Waals surface area contributed by atoms with Gasteiger partial charge in [0.05, 0.1) is 16.4 Å². The van der Waals surface area contributed by atoms with E-state index in [1.807, 2.05) is 24.3 Å². The molecular weight excluding hydrogens is 260 g/mol. The Labute approximate surface area is 116 Å². The summed E-state index contributed by atoms with van der Waals surface area (Å²) < 4.78 is 7.62. The molecule has 2 heterocycles. The second-order valence-corrected chi connectivity index (χ2v) is 5.61. The maximum absolute atomic E-state index is 12.7. The van der Waals surface area contributed by atoms with Crippen molar-refractivity contribution in [3.8, 4) is 0 Å². The van der Waals surface area contributed by atoms with Gasteiger partial charge in [-0.15, -0.1) is 0 Å². The zero-order valence-corrected chi connectivity index (χ0v) is 11.6. The van der Waals surface area contributed by atoms with E-state index >= 15 is 0 Å². The van der Waals surface area contributed by atoms with Gasteiger partial charge in [0.15, 0.2) is 4.77 Å². The summed E-state index contributed by atoms with van der Waals surface area (Å²) >= 11 is 5.39. The second kappa shape index (κ2) is 4.58. The lowest BCUT2D eigenvalue weighted by atomic mass is 9.92. The largest absolute Gasteiger partial charge is 0.381 e. The fourth-order valence-corrected chi connectivity index (χ4v) is 3.10. The molecule has 1 fully saturated rings. The molecule has 1 aliphatic rings. The lowest BCUT2D eigenvalue weighted by Gasteiger charge is -2.35. The third-order valence-electron chi connectivity index (χ3n) is 3.92. The molecule has 1 aromatic carbocycles. The molecule has 0 amide bonds. The smallest absolute Gasteiger partial charge is 0.262 e. The number of nitrogens with zero attached hydrogens (tertiary/aromatic N) is 1. The SMILES string of the molecule is CC1(n2c(=S)[nH]c3ccccc3c2=O)CCOCC1. The van der Waals surface area contributed by atoms with Crippen LogP contribution in [0.1, 0.15) is 19.8 Å². The average Bonchev–Trinajstić information content (AvgIpc) is 2.39. The Morgan fingerprint density at radius 1 is 1.32 bits per heavy atom. The summed E-state index contributed by atoms with van der Waals surface area (Å²) in [6.07, 6.45) is 1.62. The Bertz CT molecular complexity index is 726. The molecule has 4 nitrogen and oxygen atoms in total. The van der Waals surface area contributed by atoms with Crippen LogP contribution in [-0.4, -0.2) is 22.8 Å². The highest BCUT2D eigenvalue weighted by Gasteiger charge is 2.31. The summed E-state index contributed by atoms with van der Waals surface area (Å²) in [6, 6.07) is 7.48. The predicted molar refractivity (Wildman–Crippen MR) is 77.1 cm³/mol. The molecule has 5 heteroatoms. The van der Waals surface area contributed by atoms with E-state index in [2.05, 4.69) is 11.9 Å². The van der Waals surface area contributed by atoms with Gasteiger partial charge in [-0.2, -0.15) is 0 Å². The van der Waals surface area contributed by atoms with E-state index in [-0.39, 0.29) is 11.1 Å². The number of para-hydroxylation sites is 1. The molecule has 1 aliphatic heterocycles. The van der Waals surface area contributed by atoms with Crippen LogP contribution in [0.3, 0.4) is 0 Å². The van der Waals surface area contributed by atoms with E-state index < -0.39 is 0 Å². The Kier molecular flexibility index (Phi) is 3.03. The first kappa shape index (κ1) is 12.6. The molecule has 2 aromatic rings. The van der Waals surface area contributed by atoms with Gasteiger partial charge in [-0.25, -0.2) is 0 Å². The summed E-state index contributed by atoms with van der Waals surface area (Å²) in [4.78, 5) is 15.8. The van der Waals surface area contributed by atoms with Crippen molar-refractivity contribution in [3.05, 3.63) is 39.4 Å². The minimum atomic E-state index is -0.257. The van der Waals surface area contributed by atoms with Crippen LogP contribution in [0, 0.1) is 4.77 Å². The molecule has 0 spiro atoms. The maximum atomic E-state index is 12.7. The molecule has 0 bridgehead atoms. The van der Waals surface area contributed by atoms with Crippen molar-refractivity contribution in [1.82, 2.24) is 9.55 Å². The van der Waals surface area contributed by atoms with Crippen LogP contribution in [0.15, 0.2) is 29.1 Å². The Morgan fingerprint density at radius 2 is 2.00 bits per heavy atom. The van der Waals surface area contributed by atoms with E-state index in [9.17, 15) is 4.79 Å². The normalized spacial score (nSPS) is 18.6. The highest BCUT2D eigenvalue weighted by Crippen LogP contribution is 2.27. The standard InChI is InChI=1S/C14H16N2O2S/c1-14(6-8-18-9-7-14)16-12(17)10-4-2-3-5-11(10)15-13(16)19/h2-5H,6-9H2,1H3,(H,15,19). The molecule has 0 unspecified atom stereocenters. The molecule has 1 saturated heterocycles. The third kappa shape index (κ3) is 2.03. The summed E-state index contributed by atoms with van der Waals surface area (Å²) in [7, 11) is 0. The third-order valence-corrected chi connectivity index (χ3v) is 4.20. The molecule has 100 valence electrons. The first-order chi connectivity index (χ1) is 9.12. The van der Waals surface area contributed by atoms with Crippen LogP contribution >= 0.6 is 12.2 Å². The minimum absolute atomic E-state index is 0.0104. The molecule has 19 heavy (non-hydrogen) atoms. The number of hydrogen-bond acceptors (Lipinski definition) is 3. The maximum Gasteiger partial charge on any atom is 0.262 e. The van der Waals surface area contributed by atoms with Crippen molar-refractivity contribution in [2.75, 3.05) is 13.2 Å². The highest BCUT2D eigenvalue weighted by atomic mass is 32.1. The van der Waals surface area contributed by atoms with E-state index in [1.165, 1.54) is 0 Å². The first-order valence-corrected chi connectivity index (χ1v) is 6.85. The molecule has 3 rings (SSSR count). The highest BCUT2D eigenvalue weighted by molar-refractivity contribution is 7.71. The number of ether oxygens (including phenoxy) is 1. The Balaban J connectivity index is 2.29. The molecule has 0 atom stereocenters. The van der Waals surface area contributed by atoms with Gasteiger partial charge in [-0.1, -0.05) is 12.1 Å². The van der Waals surface area contributed by atoms with Crippen molar-refractivity contribution in [3.63, 3.8) is 0 Å². The Hall–Kier alpha value is -1.46. The number of hydrogen-bond donors (Lipinski definition) is 1. The number of nitrogens with one attached hydrogen (secondary N) is 1. The Morgan fingerprint density at radius 3 is 2.74 bits per heavy atom. The van der Waals surface area contributed by atoms with Crippen LogP contribution in [-0.2, 0) is 10.3 Å². The zero-order chi connectivity index (χ0) is 13.5. The molecule has 1 aromatic heterocycles. The van der Waals surface area contributed by atoms with E-state index in [4.69, 9.17) is 17.0 Å². The molecule has 0 radical (unpaired) electrons.